The Hall–Kier alpha value is -1.52. The average Bonchev–Trinajstić information content (AvgIpc) is 3.29. The highest BCUT2D eigenvalue weighted by atomic mass is 16.6. The number of hydrogen-bond donors (Lipinski definition) is 8. The van der Waals surface area contributed by atoms with Crippen molar-refractivity contribution in [3.8, 4) is 0 Å². The molecule has 9 rings (SSSR count). The molecule has 9 aliphatic rings. The Morgan fingerprint density at radius 1 is 0.934 bits per heavy atom. The van der Waals surface area contributed by atoms with E-state index < -0.39 is 60.0 Å². The second kappa shape index (κ2) is 18.0. The van der Waals surface area contributed by atoms with Gasteiger partial charge in [0.05, 0.1) is 55.8 Å². The van der Waals surface area contributed by atoms with Crippen LogP contribution in [0.1, 0.15) is 111 Å². The maximum atomic E-state index is 14.4. The molecule has 13 heteroatoms. The van der Waals surface area contributed by atoms with Crippen LogP contribution in [0, 0.1) is 76.9 Å². The molecule has 4 bridgehead atoms. The van der Waals surface area contributed by atoms with Gasteiger partial charge < -0.3 is 51.0 Å². The quantitative estimate of drug-likeness (QED) is 0.143. The summed E-state index contributed by atoms with van der Waals surface area (Å²) < 4.78 is 21.5. The van der Waals surface area contributed by atoms with Gasteiger partial charge in [0.1, 0.15) is 23.7 Å². The number of nitrogens with one attached hydrogen (secondary N) is 2. The smallest absolute Gasteiger partial charge is 0.333 e. The highest BCUT2D eigenvalue weighted by Crippen LogP contribution is 2.61. The predicted molar refractivity (Wildman–Crippen MR) is 227 cm³/mol. The summed E-state index contributed by atoms with van der Waals surface area (Å²) in [6.45, 7) is 9.45. The molecule has 3 aliphatic carbocycles. The van der Waals surface area contributed by atoms with Crippen molar-refractivity contribution in [3.63, 3.8) is 0 Å². The number of allylic oxidation sites excluding steroid dienone is 1. The molecule has 6 heterocycles. The highest BCUT2D eigenvalue weighted by molar-refractivity contribution is 5.87. The molecular formula is C48H79N4O9+. The number of piperidine rings is 3. The number of aliphatic hydroxyl groups excluding tert-OH is 4. The molecular weight excluding hydrogens is 777 g/mol. The third-order valence-corrected chi connectivity index (χ3v) is 19.0. The molecule has 13 nitrogen and oxygen atoms in total. The minimum absolute atomic E-state index is 0.00751. The van der Waals surface area contributed by atoms with E-state index in [4.69, 9.17) is 19.9 Å². The second-order valence-corrected chi connectivity index (χ2v) is 22.0. The summed E-state index contributed by atoms with van der Waals surface area (Å²) in [7, 11) is 0. The molecule has 9 fully saturated rings. The third kappa shape index (κ3) is 8.13. The van der Waals surface area contributed by atoms with Crippen molar-refractivity contribution in [1.29, 1.82) is 0 Å². The van der Waals surface area contributed by atoms with Crippen LogP contribution in [-0.2, 0) is 23.8 Å². The first-order chi connectivity index (χ1) is 29.3. The first-order valence-corrected chi connectivity index (χ1v) is 24.7. The lowest BCUT2D eigenvalue weighted by Crippen LogP contribution is -2.98. The van der Waals surface area contributed by atoms with Gasteiger partial charge in [0, 0.05) is 48.3 Å². The van der Waals surface area contributed by atoms with Crippen LogP contribution in [0.15, 0.2) is 11.6 Å². The van der Waals surface area contributed by atoms with Gasteiger partial charge in [-0.05, 0) is 159 Å². The van der Waals surface area contributed by atoms with Gasteiger partial charge in [-0.2, -0.15) is 0 Å². The fourth-order valence-electron chi connectivity index (χ4n) is 15.9. The van der Waals surface area contributed by atoms with Crippen molar-refractivity contribution >= 4 is 11.8 Å². The van der Waals surface area contributed by atoms with Gasteiger partial charge in [0.2, 0.25) is 0 Å². The topological polar surface area (TPSA) is 209 Å². The maximum Gasteiger partial charge on any atom is 0.333 e. The Morgan fingerprint density at radius 2 is 1.70 bits per heavy atom. The number of aliphatic hydroxyl groups is 4. The minimum Gasteiger partial charge on any atom is -0.456 e. The number of nitrogens with two attached hydrogens (primary N) is 2. The summed E-state index contributed by atoms with van der Waals surface area (Å²) in [5, 5.41) is 56.5. The van der Waals surface area contributed by atoms with E-state index in [-0.39, 0.29) is 79.0 Å². The first kappa shape index (κ1) is 44.7. The van der Waals surface area contributed by atoms with E-state index in [1.807, 2.05) is 6.92 Å². The minimum atomic E-state index is -1.11. The van der Waals surface area contributed by atoms with Crippen LogP contribution in [-0.4, -0.2) is 119 Å². The van der Waals surface area contributed by atoms with E-state index in [9.17, 15) is 30.0 Å². The fourth-order valence-corrected chi connectivity index (χ4v) is 15.9. The van der Waals surface area contributed by atoms with Crippen molar-refractivity contribution in [2.75, 3.05) is 26.3 Å². The lowest BCUT2D eigenvalue weighted by molar-refractivity contribution is -0.718. The normalized spacial score (nSPS) is 52.5. The Morgan fingerprint density at radius 3 is 2.48 bits per heavy atom. The number of hydrogen-bond acceptors (Lipinski definition) is 12. The van der Waals surface area contributed by atoms with Crippen molar-refractivity contribution in [2.45, 2.75) is 172 Å². The van der Waals surface area contributed by atoms with Crippen LogP contribution in [0.3, 0.4) is 0 Å². The number of carbonyl (C=O) groups excluding carboxylic acids is 2. The first-order valence-electron chi connectivity index (χ1n) is 24.7. The molecule has 10 N–H and O–H groups in total. The molecule has 0 aromatic rings. The zero-order valence-electron chi connectivity index (χ0n) is 37.3. The van der Waals surface area contributed by atoms with Crippen molar-refractivity contribution in [2.24, 2.45) is 82.7 Å². The van der Waals surface area contributed by atoms with Crippen LogP contribution < -0.4 is 21.7 Å². The third-order valence-electron chi connectivity index (χ3n) is 19.0. The fraction of sp³-hybridized carbons (Fsp3) is 0.917. The molecule has 3 saturated carbocycles. The van der Waals surface area contributed by atoms with E-state index in [2.05, 4.69) is 29.8 Å². The van der Waals surface area contributed by atoms with E-state index in [1.54, 1.807) is 13.0 Å². The second-order valence-electron chi connectivity index (χ2n) is 22.0. The van der Waals surface area contributed by atoms with Crippen LogP contribution in [0.25, 0.3) is 0 Å². The molecule has 0 spiro atoms. The number of esters is 1. The summed E-state index contributed by atoms with van der Waals surface area (Å²) in [4.78, 5) is 28.4. The Balaban J connectivity index is 1.22. The average molecular weight is 856 g/mol. The largest absolute Gasteiger partial charge is 0.456 e. The molecule has 61 heavy (non-hydrogen) atoms. The van der Waals surface area contributed by atoms with Crippen LogP contribution in [0.5, 0.6) is 0 Å². The lowest BCUT2D eigenvalue weighted by atomic mass is 9.50. The van der Waals surface area contributed by atoms with Gasteiger partial charge in [-0.15, -0.1) is 0 Å². The predicted octanol–water partition coefficient (Wildman–Crippen LogP) is 1.98. The SMILES string of the molecule is CC=C(C)C(=O)OC1CC2C(O)C3C(=O)CC(CO)OC3C3C2OC1(C)C(CC1C[NH2+]C2NC(C)CCC2C1)CC1CCC2CCC(O)CC2C(CO)C3C2CCNC(N)C12. The zero-order valence-corrected chi connectivity index (χ0v) is 37.3. The lowest BCUT2D eigenvalue weighted by Gasteiger charge is -2.63. The molecule has 6 saturated heterocycles. The van der Waals surface area contributed by atoms with Gasteiger partial charge in [-0.1, -0.05) is 6.08 Å². The van der Waals surface area contributed by atoms with Crippen LogP contribution in [0.2, 0.25) is 0 Å². The number of Topliss-reactive ketones (excluding diaryl/α,β-unsaturated/α-hetero) is 1. The maximum absolute atomic E-state index is 14.4. The molecule has 6 aliphatic heterocycles. The molecule has 0 aromatic carbocycles. The van der Waals surface area contributed by atoms with E-state index in [0.717, 1.165) is 64.5 Å². The summed E-state index contributed by atoms with van der Waals surface area (Å²) >= 11 is 0. The molecule has 23 atom stereocenters. The standard InChI is InChI=1S/C48H78N4O9/c1-5-23(2)47(58)60-37-19-34-42(57)40-36(56)18-31(21-53)59-44(40)41-39-32-12-13-50-45(49)38(32)27(9-8-26-10-11-30(55)17-33(26)35(39)22-54)16-29(48(37,4)61-43(34)41)15-25-14-28-7-6-24(3)52-46(28)51-20-25/h5,24-35,37-46,50-55,57H,6-22,49H2,1-4H3/p+1. The Bertz CT molecular complexity index is 1620. The number of rotatable bonds is 6. The monoisotopic (exact) mass is 856 g/mol. The number of quaternary nitrogens is 1. The number of carbonyl (C=O) groups is 2. The zero-order chi connectivity index (χ0) is 42.9. The summed E-state index contributed by atoms with van der Waals surface area (Å²) in [6.07, 6.45) is 8.40. The van der Waals surface area contributed by atoms with E-state index in [0.29, 0.717) is 48.4 Å². The van der Waals surface area contributed by atoms with Gasteiger partial charge in [0.25, 0.3) is 0 Å². The summed E-state index contributed by atoms with van der Waals surface area (Å²) in [6, 6.07) is 0.520. The van der Waals surface area contributed by atoms with Crippen LogP contribution >= 0.6 is 0 Å². The molecule has 0 amide bonds. The van der Waals surface area contributed by atoms with Gasteiger partial charge in [-0.25, -0.2) is 4.79 Å². The Labute approximate surface area is 363 Å². The van der Waals surface area contributed by atoms with Gasteiger partial charge in [-0.3, -0.25) is 10.1 Å². The molecule has 0 radical (unpaired) electrons. The van der Waals surface area contributed by atoms with Crippen LogP contribution in [0.4, 0.5) is 0 Å². The highest BCUT2D eigenvalue weighted by Gasteiger charge is 2.67. The summed E-state index contributed by atoms with van der Waals surface area (Å²) in [5.74, 6) is -1.04. The van der Waals surface area contributed by atoms with E-state index >= 15 is 0 Å². The van der Waals surface area contributed by atoms with Gasteiger partial charge in [0.15, 0.2) is 0 Å². The number of fused-ring (bicyclic) bond motifs is 6. The van der Waals surface area contributed by atoms with Crippen molar-refractivity contribution in [3.05, 3.63) is 11.6 Å². The number of ketones is 1. The molecule has 23 unspecified atom stereocenters. The Kier molecular flexibility index (Phi) is 13.2. The molecule has 0 aromatic heterocycles. The van der Waals surface area contributed by atoms with Crippen molar-refractivity contribution in [1.82, 2.24) is 10.6 Å². The number of ether oxygens (including phenoxy) is 3. The molecule has 344 valence electrons. The van der Waals surface area contributed by atoms with Crippen molar-refractivity contribution < 1.29 is 49.5 Å². The van der Waals surface area contributed by atoms with Gasteiger partial charge >= 0.3 is 5.97 Å². The van der Waals surface area contributed by atoms with E-state index in [1.165, 1.54) is 12.8 Å². The summed E-state index contributed by atoms with van der Waals surface area (Å²) in [5.41, 5.74) is 6.94.